The van der Waals surface area contributed by atoms with Gasteiger partial charge < -0.3 is 10.4 Å². The van der Waals surface area contributed by atoms with Gasteiger partial charge in [0.05, 0.1) is 6.04 Å². The summed E-state index contributed by atoms with van der Waals surface area (Å²) in [5, 5.41) is 12.7. The highest BCUT2D eigenvalue weighted by atomic mass is 35.5. The Balaban J connectivity index is 0.00000180. The van der Waals surface area contributed by atoms with E-state index in [-0.39, 0.29) is 18.4 Å². The quantitative estimate of drug-likeness (QED) is 0.897. The topological polar surface area (TPSA) is 52.6 Å². The Bertz CT molecular complexity index is 400. The minimum absolute atomic E-state index is 0. The standard InChI is InChI=1S/C14H20N2O2.ClH/c1-11-7-8-15-9-13(11)16(14(17)18)10-12-5-3-2-4-6-12;/h2-6,11,13,15H,7-10H2,1H3,(H,17,18);1H. The lowest BCUT2D eigenvalue weighted by atomic mass is 9.93. The molecular weight excluding hydrogens is 264 g/mol. The number of nitrogens with zero attached hydrogens (tertiary/aromatic N) is 1. The molecule has 0 spiro atoms. The Morgan fingerprint density at radius 1 is 1.42 bits per heavy atom. The highest BCUT2D eigenvalue weighted by molar-refractivity contribution is 5.85. The summed E-state index contributed by atoms with van der Waals surface area (Å²) in [6.45, 7) is 4.33. The average molecular weight is 285 g/mol. The Hall–Kier alpha value is -1.26. The van der Waals surface area contributed by atoms with E-state index in [0.29, 0.717) is 12.5 Å². The first-order valence-corrected chi connectivity index (χ1v) is 6.42. The number of hydrogen-bond acceptors (Lipinski definition) is 2. The summed E-state index contributed by atoms with van der Waals surface area (Å²) in [4.78, 5) is 13.0. The molecule has 2 N–H and O–H groups in total. The Kier molecular flexibility index (Phi) is 6.12. The highest BCUT2D eigenvalue weighted by Crippen LogP contribution is 2.20. The van der Waals surface area contributed by atoms with E-state index < -0.39 is 6.09 Å². The number of amides is 1. The van der Waals surface area contributed by atoms with E-state index >= 15 is 0 Å². The smallest absolute Gasteiger partial charge is 0.407 e. The van der Waals surface area contributed by atoms with Crippen molar-refractivity contribution in [1.82, 2.24) is 10.2 Å². The molecule has 0 saturated carbocycles. The van der Waals surface area contributed by atoms with Crippen molar-refractivity contribution in [2.75, 3.05) is 13.1 Å². The zero-order valence-corrected chi connectivity index (χ0v) is 11.9. The van der Waals surface area contributed by atoms with Crippen LogP contribution < -0.4 is 5.32 Å². The normalized spacial score (nSPS) is 22.4. The van der Waals surface area contributed by atoms with E-state index in [1.54, 1.807) is 4.90 Å². The molecule has 106 valence electrons. The maximum Gasteiger partial charge on any atom is 0.407 e. The van der Waals surface area contributed by atoms with Crippen LogP contribution >= 0.6 is 12.4 Å². The molecular formula is C14H21ClN2O2. The van der Waals surface area contributed by atoms with Gasteiger partial charge in [-0.15, -0.1) is 12.4 Å². The fraction of sp³-hybridized carbons (Fsp3) is 0.500. The van der Waals surface area contributed by atoms with Gasteiger partial charge in [-0.05, 0) is 24.4 Å². The largest absolute Gasteiger partial charge is 0.465 e. The predicted octanol–water partition coefficient (Wildman–Crippen LogP) is 2.59. The lowest BCUT2D eigenvalue weighted by molar-refractivity contribution is 0.0913. The third-order valence-electron chi connectivity index (χ3n) is 3.63. The molecule has 1 aliphatic rings. The lowest BCUT2D eigenvalue weighted by Gasteiger charge is -2.37. The van der Waals surface area contributed by atoms with Crippen LogP contribution in [0.15, 0.2) is 30.3 Å². The van der Waals surface area contributed by atoms with Crippen molar-refractivity contribution in [2.45, 2.75) is 25.9 Å². The fourth-order valence-corrected chi connectivity index (χ4v) is 2.50. The monoisotopic (exact) mass is 284 g/mol. The van der Waals surface area contributed by atoms with Crippen LogP contribution in [0.5, 0.6) is 0 Å². The second kappa shape index (κ2) is 7.36. The second-order valence-electron chi connectivity index (χ2n) is 4.93. The number of carbonyl (C=O) groups is 1. The number of carboxylic acid groups (broad SMARTS) is 1. The van der Waals surface area contributed by atoms with Crippen LogP contribution in [-0.4, -0.2) is 35.2 Å². The number of hydrogen-bond donors (Lipinski definition) is 2. The van der Waals surface area contributed by atoms with E-state index in [4.69, 9.17) is 0 Å². The molecule has 2 atom stereocenters. The van der Waals surface area contributed by atoms with Crippen molar-refractivity contribution in [3.05, 3.63) is 35.9 Å². The summed E-state index contributed by atoms with van der Waals surface area (Å²) in [5.41, 5.74) is 1.04. The van der Waals surface area contributed by atoms with Gasteiger partial charge in [-0.1, -0.05) is 37.3 Å². The van der Waals surface area contributed by atoms with Crippen molar-refractivity contribution in [2.24, 2.45) is 5.92 Å². The number of benzene rings is 1. The number of rotatable bonds is 3. The first kappa shape index (κ1) is 15.8. The fourth-order valence-electron chi connectivity index (χ4n) is 2.50. The van der Waals surface area contributed by atoms with Crippen LogP contribution in [0, 0.1) is 5.92 Å². The van der Waals surface area contributed by atoms with Gasteiger partial charge in [-0.3, -0.25) is 4.90 Å². The summed E-state index contributed by atoms with van der Waals surface area (Å²) < 4.78 is 0. The third-order valence-corrected chi connectivity index (χ3v) is 3.63. The molecule has 1 aromatic rings. The molecule has 0 bridgehead atoms. The number of piperidine rings is 1. The number of nitrogens with one attached hydrogen (secondary N) is 1. The van der Waals surface area contributed by atoms with Crippen LogP contribution in [0.1, 0.15) is 18.9 Å². The summed E-state index contributed by atoms with van der Waals surface area (Å²) in [7, 11) is 0. The molecule has 1 heterocycles. The average Bonchev–Trinajstić information content (AvgIpc) is 2.38. The molecule has 2 unspecified atom stereocenters. The molecule has 19 heavy (non-hydrogen) atoms. The third kappa shape index (κ3) is 4.11. The van der Waals surface area contributed by atoms with Crippen molar-refractivity contribution in [3.63, 3.8) is 0 Å². The van der Waals surface area contributed by atoms with Crippen LogP contribution in [0.3, 0.4) is 0 Å². The van der Waals surface area contributed by atoms with Crippen LogP contribution in [0.4, 0.5) is 4.79 Å². The summed E-state index contributed by atoms with van der Waals surface area (Å²) >= 11 is 0. The van der Waals surface area contributed by atoms with E-state index in [1.165, 1.54) is 0 Å². The lowest BCUT2D eigenvalue weighted by Crippen LogP contribution is -2.51. The molecule has 1 fully saturated rings. The van der Waals surface area contributed by atoms with Gasteiger partial charge in [-0.25, -0.2) is 4.79 Å². The maximum absolute atomic E-state index is 11.4. The highest BCUT2D eigenvalue weighted by Gasteiger charge is 2.30. The second-order valence-corrected chi connectivity index (χ2v) is 4.93. The molecule has 1 aromatic carbocycles. The van der Waals surface area contributed by atoms with Gasteiger partial charge in [-0.2, -0.15) is 0 Å². The molecule has 1 aliphatic heterocycles. The van der Waals surface area contributed by atoms with Gasteiger partial charge in [0.1, 0.15) is 0 Å². The molecule has 2 rings (SSSR count). The van der Waals surface area contributed by atoms with E-state index in [0.717, 1.165) is 25.1 Å². The minimum Gasteiger partial charge on any atom is -0.465 e. The predicted molar refractivity (Wildman–Crippen MR) is 77.7 cm³/mol. The molecule has 1 saturated heterocycles. The van der Waals surface area contributed by atoms with E-state index in [2.05, 4.69) is 12.2 Å². The van der Waals surface area contributed by atoms with Crippen LogP contribution in [0.2, 0.25) is 0 Å². The van der Waals surface area contributed by atoms with E-state index in [9.17, 15) is 9.90 Å². The Morgan fingerprint density at radius 2 is 2.11 bits per heavy atom. The molecule has 0 radical (unpaired) electrons. The van der Waals surface area contributed by atoms with Crippen LogP contribution in [0.25, 0.3) is 0 Å². The summed E-state index contributed by atoms with van der Waals surface area (Å²) in [6, 6.07) is 9.83. The van der Waals surface area contributed by atoms with Gasteiger partial charge >= 0.3 is 6.09 Å². The number of halogens is 1. The van der Waals surface area contributed by atoms with E-state index in [1.807, 2.05) is 30.3 Å². The maximum atomic E-state index is 11.4. The Morgan fingerprint density at radius 3 is 2.68 bits per heavy atom. The van der Waals surface area contributed by atoms with Crippen molar-refractivity contribution in [1.29, 1.82) is 0 Å². The zero-order chi connectivity index (χ0) is 13.0. The first-order valence-electron chi connectivity index (χ1n) is 6.42. The summed E-state index contributed by atoms with van der Waals surface area (Å²) in [5.74, 6) is 0.408. The van der Waals surface area contributed by atoms with Gasteiger partial charge in [0.2, 0.25) is 0 Å². The summed E-state index contributed by atoms with van der Waals surface area (Å²) in [6.07, 6.45) is 0.197. The molecule has 5 heteroatoms. The van der Waals surface area contributed by atoms with Crippen molar-refractivity contribution < 1.29 is 9.90 Å². The van der Waals surface area contributed by atoms with Crippen molar-refractivity contribution >= 4 is 18.5 Å². The zero-order valence-electron chi connectivity index (χ0n) is 11.1. The molecule has 0 aromatic heterocycles. The first-order chi connectivity index (χ1) is 8.68. The SMILES string of the molecule is CC1CCNCC1N(Cc1ccccc1)C(=O)O.Cl. The van der Waals surface area contributed by atoms with Gasteiger partial charge in [0.15, 0.2) is 0 Å². The van der Waals surface area contributed by atoms with Crippen molar-refractivity contribution in [3.8, 4) is 0 Å². The van der Waals surface area contributed by atoms with Crippen LogP contribution in [-0.2, 0) is 6.54 Å². The minimum atomic E-state index is -0.834. The molecule has 4 nitrogen and oxygen atoms in total. The Labute approximate surface area is 120 Å². The van der Waals surface area contributed by atoms with Gasteiger partial charge in [0.25, 0.3) is 0 Å². The van der Waals surface area contributed by atoms with Gasteiger partial charge in [0, 0.05) is 13.1 Å². The molecule has 0 aliphatic carbocycles. The molecule has 1 amide bonds.